The maximum atomic E-state index is 12.7. The van der Waals surface area contributed by atoms with E-state index in [-0.39, 0.29) is 10.9 Å². The third-order valence-corrected chi connectivity index (χ3v) is 5.25. The van der Waals surface area contributed by atoms with Gasteiger partial charge < -0.3 is 4.74 Å². The van der Waals surface area contributed by atoms with Crippen molar-refractivity contribution in [2.24, 2.45) is 0 Å². The minimum atomic E-state index is -3.56. The first-order chi connectivity index (χ1) is 10.1. The number of benzene rings is 2. The van der Waals surface area contributed by atoms with Crippen molar-refractivity contribution in [3.63, 3.8) is 0 Å². The Bertz CT molecular complexity index is 656. The van der Waals surface area contributed by atoms with Crippen LogP contribution in [0, 0.1) is 0 Å². The number of rotatable bonds is 6. The molecule has 0 bridgehead atoms. The van der Waals surface area contributed by atoms with Crippen molar-refractivity contribution in [3.8, 4) is 0 Å². The van der Waals surface area contributed by atoms with Gasteiger partial charge >= 0.3 is 0 Å². The number of likely N-dealkylation sites (N-methyl/N-ethyl adjacent to an activating group) is 1. The molecule has 0 saturated heterocycles. The van der Waals surface area contributed by atoms with Crippen LogP contribution in [0.2, 0.25) is 0 Å². The summed E-state index contributed by atoms with van der Waals surface area (Å²) >= 11 is 0. The van der Waals surface area contributed by atoms with Gasteiger partial charge in [0.2, 0.25) is 10.0 Å². The van der Waals surface area contributed by atoms with Gasteiger partial charge in [0.1, 0.15) is 0 Å². The Kier molecular flexibility index (Phi) is 5.12. The molecule has 2 aromatic carbocycles. The largest absolute Gasteiger partial charge is 0.383 e. The maximum Gasteiger partial charge on any atom is 0.243 e. The Hall–Kier alpha value is -1.69. The molecule has 0 aliphatic heterocycles. The van der Waals surface area contributed by atoms with Crippen LogP contribution in [-0.2, 0) is 14.8 Å². The van der Waals surface area contributed by atoms with E-state index in [0.717, 1.165) is 5.56 Å². The van der Waals surface area contributed by atoms with E-state index in [4.69, 9.17) is 4.74 Å². The minimum absolute atomic E-state index is 0.282. The average Bonchev–Trinajstić information content (AvgIpc) is 2.53. The average molecular weight is 305 g/mol. The molecule has 4 nitrogen and oxygen atoms in total. The van der Waals surface area contributed by atoms with E-state index in [1.807, 2.05) is 30.3 Å². The molecule has 0 amide bonds. The molecule has 0 aliphatic rings. The SMILES string of the molecule is COCC(c1ccccc1)N(C)S(=O)(=O)c1ccccc1. The molecule has 1 atom stereocenters. The van der Waals surface area contributed by atoms with Crippen LogP contribution in [0.3, 0.4) is 0 Å². The number of nitrogens with zero attached hydrogens (tertiary/aromatic N) is 1. The number of hydrogen-bond acceptors (Lipinski definition) is 3. The summed E-state index contributed by atoms with van der Waals surface area (Å²) in [6.45, 7) is 0.298. The lowest BCUT2D eigenvalue weighted by molar-refractivity contribution is 0.142. The van der Waals surface area contributed by atoms with Gasteiger partial charge in [0, 0.05) is 14.2 Å². The second-order valence-electron chi connectivity index (χ2n) is 4.72. The zero-order valence-corrected chi connectivity index (χ0v) is 13.0. The molecule has 0 aliphatic carbocycles. The fraction of sp³-hybridized carbons (Fsp3) is 0.250. The second-order valence-corrected chi connectivity index (χ2v) is 6.71. The summed E-state index contributed by atoms with van der Waals surface area (Å²) in [5.74, 6) is 0. The van der Waals surface area contributed by atoms with Crippen molar-refractivity contribution >= 4 is 10.0 Å². The first kappa shape index (κ1) is 15.7. The van der Waals surface area contributed by atoms with Crippen LogP contribution in [0.25, 0.3) is 0 Å². The molecule has 0 N–H and O–H groups in total. The molecule has 0 saturated carbocycles. The number of hydrogen-bond donors (Lipinski definition) is 0. The highest BCUT2D eigenvalue weighted by atomic mass is 32.2. The topological polar surface area (TPSA) is 46.6 Å². The fourth-order valence-corrected chi connectivity index (χ4v) is 3.52. The summed E-state index contributed by atoms with van der Waals surface area (Å²) in [6.07, 6.45) is 0. The van der Waals surface area contributed by atoms with Crippen molar-refractivity contribution in [1.82, 2.24) is 4.31 Å². The Labute approximate surface area is 126 Å². The van der Waals surface area contributed by atoms with E-state index < -0.39 is 10.0 Å². The van der Waals surface area contributed by atoms with Gasteiger partial charge in [-0.3, -0.25) is 0 Å². The summed E-state index contributed by atoms with van der Waals surface area (Å²) in [6, 6.07) is 17.6. The Morgan fingerprint density at radius 2 is 1.52 bits per heavy atom. The molecule has 5 heteroatoms. The molecule has 0 aromatic heterocycles. The lowest BCUT2D eigenvalue weighted by Gasteiger charge is -2.27. The van der Waals surface area contributed by atoms with Crippen LogP contribution in [0.1, 0.15) is 11.6 Å². The van der Waals surface area contributed by atoms with E-state index in [1.54, 1.807) is 44.5 Å². The normalized spacial score (nSPS) is 13.3. The van der Waals surface area contributed by atoms with Crippen LogP contribution in [0.4, 0.5) is 0 Å². The van der Waals surface area contributed by atoms with E-state index in [0.29, 0.717) is 6.61 Å². The predicted octanol–water partition coefficient (Wildman–Crippen LogP) is 2.69. The third-order valence-electron chi connectivity index (χ3n) is 3.37. The Morgan fingerprint density at radius 3 is 2.05 bits per heavy atom. The summed E-state index contributed by atoms with van der Waals surface area (Å²) in [7, 11) is -0.404. The van der Waals surface area contributed by atoms with Gasteiger partial charge in [0.25, 0.3) is 0 Å². The van der Waals surface area contributed by atoms with Crippen molar-refractivity contribution in [3.05, 3.63) is 66.2 Å². The van der Waals surface area contributed by atoms with Crippen LogP contribution >= 0.6 is 0 Å². The van der Waals surface area contributed by atoms with Crippen molar-refractivity contribution in [2.45, 2.75) is 10.9 Å². The van der Waals surface area contributed by atoms with Gasteiger partial charge in [0.05, 0.1) is 17.5 Å². The first-order valence-corrected chi connectivity index (χ1v) is 8.08. The second kappa shape index (κ2) is 6.85. The van der Waals surface area contributed by atoms with Crippen molar-refractivity contribution in [1.29, 1.82) is 0 Å². The molecule has 0 fully saturated rings. The zero-order valence-electron chi connectivity index (χ0n) is 12.1. The molecule has 0 heterocycles. The maximum absolute atomic E-state index is 12.7. The van der Waals surface area contributed by atoms with Gasteiger partial charge in [0.15, 0.2) is 0 Å². The molecule has 21 heavy (non-hydrogen) atoms. The number of ether oxygens (including phenoxy) is 1. The zero-order chi connectivity index (χ0) is 15.3. The van der Waals surface area contributed by atoms with Gasteiger partial charge in [-0.15, -0.1) is 0 Å². The highest BCUT2D eigenvalue weighted by Crippen LogP contribution is 2.26. The van der Waals surface area contributed by atoms with Crippen LogP contribution in [0.15, 0.2) is 65.6 Å². The summed E-state index contributed by atoms with van der Waals surface area (Å²) in [5.41, 5.74) is 0.904. The van der Waals surface area contributed by atoms with Gasteiger partial charge in [-0.05, 0) is 17.7 Å². The molecule has 0 spiro atoms. The fourth-order valence-electron chi connectivity index (χ4n) is 2.17. The third kappa shape index (κ3) is 3.50. The van der Waals surface area contributed by atoms with Gasteiger partial charge in [-0.25, -0.2) is 8.42 Å². The molecule has 1 unspecified atom stereocenters. The number of sulfonamides is 1. The first-order valence-electron chi connectivity index (χ1n) is 6.64. The lowest BCUT2D eigenvalue weighted by Crippen LogP contribution is -2.33. The molecule has 2 aromatic rings. The van der Waals surface area contributed by atoms with E-state index in [2.05, 4.69) is 0 Å². The molecule has 112 valence electrons. The Balaban J connectivity index is 2.37. The molecular weight excluding hydrogens is 286 g/mol. The van der Waals surface area contributed by atoms with Crippen LogP contribution in [-0.4, -0.2) is 33.5 Å². The lowest BCUT2D eigenvalue weighted by atomic mass is 10.1. The quantitative estimate of drug-likeness (QED) is 0.824. The predicted molar refractivity (Wildman–Crippen MR) is 82.4 cm³/mol. The molecule has 0 radical (unpaired) electrons. The van der Waals surface area contributed by atoms with E-state index >= 15 is 0 Å². The molecule has 2 rings (SSSR count). The van der Waals surface area contributed by atoms with Gasteiger partial charge in [-0.2, -0.15) is 4.31 Å². The Morgan fingerprint density at radius 1 is 1.00 bits per heavy atom. The van der Waals surface area contributed by atoms with E-state index in [9.17, 15) is 8.42 Å². The van der Waals surface area contributed by atoms with Crippen molar-refractivity contribution < 1.29 is 13.2 Å². The van der Waals surface area contributed by atoms with Crippen LogP contribution in [0.5, 0.6) is 0 Å². The van der Waals surface area contributed by atoms with E-state index in [1.165, 1.54) is 4.31 Å². The van der Waals surface area contributed by atoms with Gasteiger partial charge in [-0.1, -0.05) is 48.5 Å². The summed E-state index contributed by atoms with van der Waals surface area (Å²) < 4.78 is 32.0. The molecular formula is C16H19NO3S. The highest BCUT2D eigenvalue weighted by molar-refractivity contribution is 7.89. The number of methoxy groups -OCH3 is 1. The summed E-state index contributed by atoms with van der Waals surface area (Å²) in [4.78, 5) is 0.282. The smallest absolute Gasteiger partial charge is 0.243 e. The monoisotopic (exact) mass is 305 g/mol. The summed E-state index contributed by atoms with van der Waals surface area (Å²) in [5, 5.41) is 0. The standard InChI is InChI=1S/C16H19NO3S/c1-17(21(18,19)15-11-7-4-8-12-15)16(13-20-2)14-9-5-3-6-10-14/h3-12,16H,13H2,1-2H3. The highest BCUT2D eigenvalue weighted by Gasteiger charge is 2.28. The van der Waals surface area contributed by atoms with Crippen molar-refractivity contribution in [2.75, 3.05) is 20.8 Å². The minimum Gasteiger partial charge on any atom is -0.383 e. The van der Waals surface area contributed by atoms with Crippen LogP contribution < -0.4 is 0 Å².